The lowest BCUT2D eigenvalue weighted by Crippen LogP contribution is -2.56. The van der Waals surface area contributed by atoms with Crippen LogP contribution in [0, 0.1) is 0 Å². The third kappa shape index (κ3) is 4.33. The molecular formula is C18H28F2N4O. The summed E-state index contributed by atoms with van der Waals surface area (Å²) in [6.45, 7) is 4.64. The molecule has 0 spiro atoms. The molecule has 2 aliphatic heterocycles. The highest BCUT2D eigenvalue weighted by atomic mass is 19.3. The molecule has 3 rings (SSSR count). The number of ether oxygens (including phenoxy) is 1. The zero-order valence-corrected chi connectivity index (χ0v) is 15.0. The van der Waals surface area contributed by atoms with E-state index in [2.05, 4.69) is 33.4 Å². The number of nitrogens with zero attached hydrogens (tertiary/aromatic N) is 3. The molecule has 0 radical (unpaired) electrons. The first-order valence-electron chi connectivity index (χ1n) is 8.97. The van der Waals surface area contributed by atoms with Gasteiger partial charge in [-0.05, 0) is 38.9 Å². The Kier molecular flexibility index (Phi) is 5.64. The Morgan fingerprint density at radius 1 is 1.16 bits per heavy atom. The molecule has 5 nitrogen and oxygen atoms in total. The van der Waals surface area contributed by atoms with Gasteiger partial charge in [-0.25, -0.2) is 0 Å². The largest absolute Gasteiger partial charge is 0.433 e. The van der Waals surface area contributed by atoms with Crippen molar-refractivity contribution >= 4 is 11.4 Å². The van der Waals surface area contributed by atoms with Crippen LogP contribution in [0.3, 0.4) is 0 Å². The summed E-state index contributed by atoms with van der Waals surface area (Å²) in [6.07, 6.45) is 2.17. The van der Waals surface area contributed by atoms with Crippen molar-refractivity contribution in [1.29, 1.82) is 0 Å². The average Bonchev–Trinajstić information content (AvgIpc) is 2.57. The summed E-state index contributed by atoms with van der Waals surface area (Å²) in [4.78, 5) is 7.25. The van der Waals surface area contributed by atoms with Crippen LogP contribution in [0.25, 0.3) is 0 Å². The molecule has 7 heteroatoms. The second kappa shape index (κ2) is 7.74. The second-order valence-corrected chi connectivity index (χ2v) is 7.17. The fourth-order valence-corrected chi connectivity index (χ4v) is 4.07. The first-order valence-corrected chi connectivity index (χ1v) is 8.97. The Morgan fingerprint density at radius 3 is 2.52 bits per heavy atom. The van der Waals surface area contributed by atoms with E-state index >= 15 is 0 Å². The van der Waals surface area contributed by atoms with E-state index in [1.54, 1.807) is 12.1 Å². The van der Waals surface area contributed by atoms with E-state index < -0.39 is 6.61 Å². The monoisotopic (exact) mass is 354 g/mol. The van der Waals surface area contributed by atoms with Gasteiger partial charge in [0.2, 0.25) is 0 Å². The number of rotatable bonds is 4. The van der Waals surface area contributed by atoms with Crippen LogP contribution in [-0.2, 0) is 0 Å². The lowest BCUT2D eigenvalue weighted by Gasteiger charge is -2.46. The molecule has 0 saturated carbocycles. The average molecular weight is 354 g/mol. The third-order valence-electron chi connectivity index (χ3n) is 5.39. The maximum absolute atomic E-state index is 12.5. The van der Waals surface area contributed by atoms with Crippen LogP contribution < -0.4 is 15.4 Å². The van der Waals surface area contributed by atoms with Crippen LogP contribution in [0.2, 0.25) is 0 Å². The third-order valence-corrected chi connectivity index (χ3v) is 5.39. The molecule has 0 aromatic heterocycles. The molecule has 0 amide bonds. The van der Waals surface area contributed by atoms with Gasteiger partial charge in [-0.2, -0.15) is 8.78 Å². The maximum atomic E-state index is 12.5. The molecular weight excluding hydrogens is 326 g/mol. The lowest BCUT2D eigenvalue weighted by atomic mass is 9.99. The quantitative estimate of drug-likeness (QED) is 0.842. The van der Waals surface area contributed by atoms with Gasteiger partial charge in [0.15, 0.2) is 5.75 Å². The van der Waals surface area contributed by atoms with E-state index in [0.717, 1.165) is 51.3 Å². The second-order valence-electron chi connectivity index (χ2n) is 7.17. The molecule has 2 aliphatic rings. The van der Waals surface area contributed by atoms with Crippen molar-refractivity contribution < 1.29 is 13.5 Å². The van der Waals surface area contributed by atoms with Crippen molar-refractivity contribution in [1.82, 2.24) is 9.80 Å². The fraction of sp³-hybridized carbons (Fsp3) is 0.667. The van der Waals surface area contributed by atoms with Gasteiger partial charge in [0.05, 0.1) is 5.69 Å². The molecule has 2 N–H and O–H groups in total. The standard InChI is InChI=1S/C18H28F2N4O/c1-13-12-22(2)9-10-24(13)14-5-7-23(8-6-14)15-3-4-16(21)17(11-15)25-18(19)20/h3-4,11,13-14,18H,5-10,12,21H2,1-2H3. The Balaban J connectivity index is 1.60. The Morgan fingerprint density at radius 2 is 1.88 bits per heavy atom. The van der Waals surface area contributed by atoms with Gasteiger partial charge < -0.3 is 20.3 Å². The topological polar surface area (TPSA) is 45.0 Å². The zero-order valence-electron chi connectivity index (χ0n) is 15.0. The van der Waals surface area contributed by atoms with E-state index in [1.807, 2.05) is 6.07 Å². The van der Waals surface area contributed by atoms with Crippen LogP contribution in [0.5, 0.6) is 5.75 Å². The van der Waals surface area contributed by atoms with Crippen LogP contribution in [0.15, 0.2) is 18.2 Å². The molecule has 2 heterocycles. The van der Waals surface area contributed by atoms with Crippen molar-refractivity contribution in [3.8, 4) is 5.75 Å². The van der Waals surface area contributed by atoms with Crippen LogP contribution >= 0.6 is 0 Å². The summed E-state index contributed by atoms with van der Waals surface area (Å²) in [5.41, 5.74) is 6.86. The number of nitrogen functional groups attached to an aromatic ring is 1. The SMILES string of the molecule is CC1CN(C)CCN1C1CCN(c2ccc(N)c(OC(F)F)c2)CC1. The Labute approximate surface area is 148 Å². The van der Waals surface area contributed by atoms with E-state index in [4.69, 9.17) is 5.73 Å². The number of hydrogen-bond acceptors (Lipinski definition) is 5. The fourth-order valence-electron chi connectivity index (χ4n) is 4.07. The smallest absolute Gasteiger partial charge is 0.387 e. The van der Waals surface area contributed by atoms with Crippen LogP contribution in [0.1, 0.15) is 19.8 Å². The van der Waals surface area contributed by atoms with E-state index in [1.165, 1.54) is 0 Å². The number of alkyl halides is 2. The molecule has 1 aromatic carbocycles. The lowest BCUT2D eigenvalue weighted by molar-refractivity contribution is -0.0493. The number of anilines is 2. The van der Waals surface area contributed by atoms with E-state index in [0.29, 0.717) is 12.1 Å². The number of piperazine rings is 1. The summed E-state index contributed by atoms with van der Waals surface area (Å²) in [5, 5.41) is 0. The van der Waals surface area contributed by atoms with Crippen molar-refractivity contribution in [2.75, 3.05) is 50.4 Å². The van der Waals surface area contributed by atoms with E-state index in [-0.39, 0.29) is 11.4 Å². The number of likely N-dealkylation sites (N-methyl/N-ethyl adjacent to an activating group) is 1. The maximum Gasteiger partial charge on any atom is 0.387 e. The molecule has 0 aliphatic carbocycles. The first kappa shape index (κ1) is 18.2. The van der Waals surface area contributed by atoms with Crippen LogP contribution in [-0.4, -0.2) is 68.3 Å². The van der Waals surface area contributed by atoms with Gasteiger partial charge in [-0.15, -0.1) is 0 Å². The van der Waals surface area contributed by atoms with Gasteiger partial charge in [-0.3, -0.25) is 4.90 Å². The normalized spacial score (nSPS) is 24.0. The first-order chi connectivity index (χ1) is 11.9. The number of nitrogens with two attached hydrogens (primary N) is 1. The molecule has 2 saturated heterocycles. The van der Waals surface area contributed by atoms with Gasteiger partial charge in [-0.1, -0.05) is 0 Å². The molecule has 0 bridgehead atoms. The predicted molar refractivity (Wildman–Crippen MR) is 96.4 cm³/mol. The molecule has 1 aromatic rings. The number of hydrogen-bond donors (Lipinski definition) is 1. The summed E-state index contributed by atoms with van der Waals surface area (Å²) < 4.78 is 29.5. The summed E-state index contributed by atoms with van der Waals surface area (Å²) in [7, 11) is 2.18. The highest BCUT2D eigenvalue weighted by Gasteiger charge is 2.30. The summed E-state index contributed by atoms with van der Waals surface area (Å²) >= 11 is 0. The molecule has 1 atom stereocenters. The molecule has 25 heavy (non-hydrogen) atoms. The van der Waals surface area contributed by atoms with Gasteiger partial charge in [0.25, 0.3) is 0 Å². The highest BCUT2D eigenvalue weighted by molar-refractivity contribution is 5.62. The summed E-state index contributed by atoms with van der Waals surface area (Å²) in [6, 6.07) is 6.33. The van der Waals surface area contributed by atoms with Crippen molar-refractivity contribution in [2.45, 2.75) is 38.5 Å². The number of halogens is 2. The number of piperidine rings is 1. The minimum absolute atomic E-state index is 0.0577. The molecule has 2 fully saturated rings. The predicted octanol–water partition coefficient (Wildman–Crippen LogP) is 2.47. The van der Waals surface area contributed by atoms with Crippen molar-refractivity contribution in [2.24, 2.45) is 0 Å². The van der Waals surface area contributed by atoms with Crippen molar-refractivity contribution in [3.63, 3.8) is 0 Å². The summed E-state index contributed by atoms with van der Waals surface area (Å²) in [5.74, 6) is 0.0577. The highest BCUT2D eigenvalue weighted by Crippen LogP contribution is 2.31. The van der Waals surface area contributed by atoms with Gasteiger partial charge >= 0.3 is 6.61 Å². The van der Waals surface area contributed by atoms with E-state index in [9.17, 15) is 8.78 Å². The Bertz CT molecular complexity index is 578. The zero-order chi connectivity index (χ0) is 18.0. The molecule has 1 unspecified atom stereocenters. The van der Waals surface area contributed by atoms with Crippen LogP contribution in [0.4, 0.5) is 20.2 Å². The van der Waals surface area contributed by atoms with Gasteiger partial charge in [0, 0.05) is 56.6 Å². The number of benzene rings is 1. The van der Waals surface area contributed by atoms with Crippen molar-refractivity contribution in [3.05, 3.63) is 18.2 Å². The minimum atomic E-state index is -2.86. The van der Waals surface area contributed by atoms with Gasteiger partial charge in [0.1, 0.15) is 0 Å². The minimum Gasteiger partial charge on any atom is -0.433 e. The molecule has 140 valence electrons. The Hall–Kier alpha value is -1.60.